The van der Waals surface area contributed by atoms with Crippen LogP contribution >= 0.6 is 0 Å². The van der Waals surface area contributed by atoms with Gasteiger partial charge in [0.1, 0.15) is 0 Å². The second-order valence-corrected chi connectivity index (χ2v) is 4.57. The molecule has 1 fully saturated rings. The van der Waals surface area contributed by atoms with E-state index in [4.69, 9.17) is 5.73 Å². The lowest BCUT2D eigenvalue weighted by molar-refractivity contribution is 0.275. The molecule has 1 atom stereocenters. The molecule has 1 heterocycles. The topological polar surface area (TPSA) is 29.3 Å². The van der Waals surface area contributed by atoms with Crippen molar-refractivity contribution >= 4 is 0 Å². The molecule has 0 amide bonds. The van der Waals surface area contributed by atoms with Crippen LogP contribution in [0.15, 0.2) is 0 Å². The average Bonchev–Trinajstić information content (AvgIpc) is 2.46. The van der Waals surface area contributed by atoms with Gasteiger partial charge in [-0.3, -0.25) is 0 Å². The Balaban J connectivity index is 2.04. The first-order valence-electron chi connectivity index (χ1n) is 6.31. The molecule has 0 radical (unpaired) electrons. The van der Waals surface area contributed by atoms with Crippen molar-refractivity contribution in [3.63, 3.8) is 0 Å². The molecule has 1 rings (SSSR count). The molecule has 0 aromatic carbocycles. The van der Waals surface area contributed by atoms with Gasteiger partial charge in [-0.05, 0) is 51.7 Å². The van der Waals surface area contributed by atoms with Crippen LogP contribution in [0.4, 0.5) is 0 Å². The van der Waals surface area contributed by atoms with Crippen LogP contribution in [0, 0.1) is 0 Å². The maximum atomic E-state index is 5.90. The number of rotatable bonds is 5. The second-order valence-electron chi connectivity index (χ2n) is 4.57. The van der Waals surface area contributed by atoms with Crippen LogP contribution in [0.3, 0.4) is 0 Å². The molecule has 84 valence electrons. The molecule has 2 N–H and O–H groups in total. The minimum Gasteiger partial charge on any atom is -0.328 e. The molecule has 1 saturated heterocycles. The molecule has 0 spiro atoms. The summed E-state index contributed by atoms with van der Waals surface area (Å²) < 4.78 is 0. The van der Waals surface area contributed by atoms with E-state index in [2.05, 4.69) is 11.8 Å². The molecule has 1 unspecified atom stereocenters. The highest BCUT2D eigenvalue weighted by atomic mass is 15.1. The van der Waals surface area contributed by atoms with E-state index in [1.807, 2.05) is 0 Å². The Bertz CT molecular complexity index is 128. The van der Waals surface area contributed by atoms with Crippen molar-refractivity contribution in [2.75, 3.05) is 19.6 Å². The minimum atomic E-state index is 0.432. The zero-order valence-corrected chi connectivity index (χ0v) is 9.67. The van der Waals surface area contributed by atoms with Crippen LogP contribution in [0.2, 0.25) is 0 Å². The summed E-state index contributed by atoms with van der Waals surface area (Å²) in [5, 5.41) is 0. The molecular weight excluding hydrogens is 172 g/mol. The van der Waals surface area contributed by atoms with Crippen LogP contribution in [0.25, 0.3) is 0 Å². The van der Waals surface area contributed by atoms with Gasteiger partial charge in [0.15, 0.2) is 0 Å². The van der Waals surface area contributed by atoms with Crippen molar-refractivity contribution in [3.05, 3.63) is 0 Å². The summed E-state index contributed by atoms with van der Waals surface area (Å²) in [5.41, 5.74) is 5.90. The maximum Gasteiger partial charge on any atom is 0.00366 e. The van der Waals surface area contributed by atoms with Gasteiger partial charge in [-0.2, -0.15) is 0 Å². The lowest BCUT2D eigenvalue weighted by atomic mass is 10.1. The van der Waals surface area contributed by atoms with Crippen molar-refractivity contribution in [1.29, 1.82) is 0 Å². The van der Waals surface area contributed by atoms with Crippen LogP contribution < -0.4 is 5.73 Å². The van der Waals surface area contributed by atoms with Gasteiger partial charge in [-0.15, -0.1) is 0 Å². The molecule has 0 aliphatic carbocycles. The zero-order chi connectivity index (χ0) is 10.2. The largest absolute Gasteiger partial charge is 0.328 e. The molecule has 0 bridgehead atoms. The second kappa shape index (κ2) is 7.24. The lowest BCUT2D eigenvalue weighted by Gasteiger charge is -2.20. The van der Waals surface area contributed by atoms with Crippen LogP contribution in [0.5, 0.6) is 0 Å². The monoisotopic (exact) mass is 198 g/mol. The van der Waals surface area contributed by atoms with E-state index in [9.17, 15) is 0 Å². The number of hydrogen-bond donors (Lipinski definition) is 1. The van der Waals surface area contributed by atoms with Crippen LogP contribution in [0.1, 0.15) is 51.9 Å². The summed E-state index contributed by atoms with van der Waals surface area (Å²) in [6.07, 6.45) is 9.29. The number of nitrogens with zero attached hydrogens (tertiary/aromatic N) is 1. The first kappa shape index (κ1) is 12.0. The predicted molar refractivity (Wildman–Crippen MR) is 62.4 cm³/mol. The van der Waals surface area contributed by atoms with E-state index >= 15 is 0 Å². The first-order valence-corrected chi connectivity index (χ1v) is 6.31. The number of likely N-dealkylation sites (tertiary alicyclic amines) is 1. The van der Waals surface area contributed by atoms with Gasteiger partial charge in [0, 0.05) is 6.04 Å². The van der Waals surface area contributed by atoms with E-state index in [-0.39, 0.29) is 0 Å². The SMILES string of the molecule is CCC(N)CCCN1CCCCCC1. The Morgan fingerprint density at radius 1 is 1.14 bits per heavy atom. The molecule has 0 aromatic rings. The smallest absolute Gasteiger partial charge is 0.00366 e. The van der Waals surface area contributed by atoms with E-state index in [1.54, 1.807) is 0 Å². The summed E-state index contributed by atoms with van der Waals surface area (Å²) >= 11 is 0. The standard InChI is InChI=1S/C12H26N2/c1-2-12(13)8-7-11-14-9-5-3-4-6-10-14/h12H,2-11,13H2,1H3. The molecule has 0 aromatic heterocycles. The van der Waals surface area contributed by atoms with Gasteiger partial charge in [0.2, 0.25) is 0 Å². The molecule has 1 aliphatic rings. The highest BCUT2D eigenvalue weighted by molar-refractivity contribution is 4.65. The van der Waals surface area contributed by atoms with E-state index < -0.39 is 0 Å². The molecule has 2 heteroatoms. The molecule has 0 saturated carbocycles. The molecule has 2 nitrogen and oxygen atoms in total. The van der Waals surface area contributed by atoms with E-state index in [1.165, 1.54) is 58.2 Å². The van der Waals surface area contributed by atoms with E-state index in [0.717, 1.165) is 6.42 Å². The third-order valence-corrected chi connectivity index (χ3v) is 3.27. The van der Waals surface area contributed by atoms with Crippen molar-refractivity contribution < 1.29 is 0 Å². The predicted octanol–water partition coefficient (Wildman–Crippen LogP) is 2.38. The Morgan fingerprint density at radius 2 is 1.79 bits per heavy atom. The average molecular weight is 198 g/mol. The number of nitrogens with two attached hydrogens (primary N) is 1. The first-order chi connectivity index (χ1) is 6.83. The maximum absolute atomic E-state index is 5.90. The van der Waals surface area contributed by atoms with Crippen molar-refractivity contribution in [2.24, 2.45) is 5.73 Å². The third-order valence-electron chi connectivity index (χ3n) is 3.27. The van der Waals surface area contributed by atoms with Gasteiger partial charge in [0.25, 0.3) is 0 Å². The summed E-state index contributed by atoms with van der Waals surface area (Å²) in [6, 6.07) is 0.432. The van der Waals surface area contributed by atoms with E-state index in [0.29, 0.717) is 6.04 Å². The third kappa shape index (κ3) is 4.97. The van der Waals surface area contributed by atoms with Gasteiger partial charge >= 0.3 is 0 Å². The summed E-state index contributed by atoms with van der Waals surface area (Å²) in [6.45, 7) is 6.09. The van der Waals surface area contributed by atoms with Crippen LogP contribution in [-0.2, 0) is 0 Å². The molecule has 1 aliphatic heterocycles. The Labute approximate surface area is 88.8 Å². The minimum absolute atomic E-state index is 0.432. The fourth-order valence-electron chi connectivity index (χ4n) is 2.14. The number of hydrogen-bond acceptors (Lipinski definition) is 2. The van der Waals surface area contributed by atoms with Crippen molar-refractivity contribution in [2.45, 2.75) is 57.9 Å². The van der Waals surface area contributed by atoms with Crippen molar-refractivity contribution in [3.8, 4) is 0 Å². The summed E-state index contributed by atoms with van der Waals surface area (Å²) in [4.78, 5) is 2.62. The highest BCUT2D eigenvalue weighted by Gasteiger charge is 2.08. The van der Waals surface area contributed by atoms with Gasteiger partial charge < -0.3 is 10.6 Å². The van der Waals surface area contributed by atoms with Gasteiger partial charge in [0.05, 0.1) is 0 Å². The fourth-order valence-corrected chi connectivity index (χ4v) is 2.14. The summed E-state index contributed by atoms with van der Waals surface area (Å²) in [5.74, 6) is 0. The Kier molecular flexibility index (Phi) is 6.20. The highest BCUT2D eigenvalue weighted by Crippen LogP contribution is 2.10. The normalized spacial score (nSPS) is 21.9. The quantitative estimate of drug-likeness (QED) is 0.735. The van der Waals surface area contributed by atoms with Crippen LogP contribution in [-0.4, -0.2) is 30.6 Å². The molecule has 14 heavy (non-hydrogen) atoms. The lowest BCUT2D eigenvalue weighted by Crippen LogP contribution is -2.27. The van der Waals surface area contributed by atoms with Gasteiger partial charge in [-0.1, -0.05) is 19.8 Å². The Morgan fingerprint density at radius 3 is 2.36 bits per heavy atom. The van der Waals surface area contributed by atoms with Gasteiger partial charge in [-0.25, -0.2) is 0 Å². The Hall–Kier alpha value is -0.0800. The zero-order valence-electron chi connectivity index (χ0n) is 9.67. The molecular formula is C12H26N2. The summed E-state index contributed by atoms with van der Waals surface area (Å²) in [7, 11) is 0. The van der Waals surface area contributed by atoms with Crippen molar-refractivity contribution in [1.82, 2.24) is 4.90 Å². The fraction of sp³-hybridized carbons (Fsp3) is 1.00.